The summed E-state index contributed by atoms with van der Waals surface area (Å²) in [4.78, 5) is 0. The zero-order chi connectivity index (χ0) is 26.1. The molecule has 0 radical (unpaired) electrons. The first-order valence-corrected chi connectivity index (χ1v) is 18.2. The second kappa shape index (κ2) is 15.4. The Labute approximate surface area is 246 Å². The molecule has 2 atom stereocenters. The van der Waals surface area contributed by atoms with Crippen LogP contribution in [0.25, 0.3) is 0 Å². The van der Waals surface area contributed by atoms with E-state index >= 15 is 0 Å². The topological polar surface area (TPSA) is 18.5 Å². The molecule has 0 spiro atoms. The van der Waals surface area contributed by atoms with Crippen LogP contribution in [0.15, 0.2) is 121 Å². The number of benzene rings is 4. The first-order valence-electron chi connectivity index (χ1n) is 12.3. The molecule has 1 saturated heterocycles. The van der Waals surface area contributed by atoms with Gasteiger partial charge >= 0.3 is 28.2 Å². The Kier molecular flexibility index (Phi) is 12.7. The molecule has 5 rings (SSSR count). The van der Waals surface area contributed by atoms with Crippen LogP contribution in [0.3, 0.4) is 0 Å². The van der Waals surface area contributed by atoms with E-state index in [9.17, 15) is 0 Å². The molecule has 0 saturated carbocycles. The van der Waals surface area contributed by atoms with E-state index in [0.29, 0.717) is 0 Å². The van der Waals surface area contributed by atoms with Crippen molar-refractivity contribution in [2.24, 2.45) is 0 Å². The number of hydrogen-bond donors (Lipinski definition) is 0. The van der Waals surface area contributed by atoms with Crippen LogP contribution in [-0.4, -0.2) is 30.3 Å². The fraction of sp³-hybridized carbons (Fsp3) is 0.219. The molecule has 2 nitrogen and oxygen atoms in total. The average molecular weight is 744 g/mol. The monoisotopic (exact) mass is 743 g/mol. The number of ether oxygens (including phenoxy) is 2. The molecule has 1 fully saturated rings. The van der Waals surface area contributed by atoms with Crippen LogP contribution in [0.2, 0.25) is 0 Å². The average Bonchev–Trinajstić information content (AvgIpc) is 3.26. The molecular weight excluding hydrogens is 709 g/mol. The molecule has 1 aliphatic heterocycles. The van der Waals surface area contributed by atoms with Crippen molar-refractivity contribution >= 4 is 46.5 Å². The molecule has 0 unspecified atom stereocenters. The van der Waals surface area contributed by atoms with E-state index in [1.54, 1.807) is 18.8 Å². The zero-order valence-electron chi connectivity index (χ0n) is 22.0. The van der Waals surface area contributed by atoms with E-state index in [1.807, 2.05) is 0 Å². The summed E-state index contributed by atoms with van der Waals surface area (Å²) in [6.45, 7) is 4.11. The SMILES string of the molecule is CC1(C)O[C@@H](CP(c2ccccc2)c2ccccc2)[C@H](CP(c2ccccc2)c2ccccc2)O1.[CH3-].[Cl][Pt+]. The predicted molar refractivity (Wildman–Crippen MR) is 164 cm³/mol. The predicted octanol–water partition coefficient (Wildman–Crippen LogP) is 6.91. The van der Waals surface area contributed by atoms with Crippen molar-refractivity contribution in [3.63, 3.8) is 0 Å². The van der Waals surface area contributed by atoms with Gasteiger partial charge in [0.15, 0.2) is 5.79 Å². The summed E-state index contributed by atoms with van der Waals surface area (Å²) in [5.41, 5.74) is 0. The van der Waals surface area contributed by atoms with E-state index < -0.39 is 21.6 Å². The summed E-state index contributed by atoms with van der Waals surface area (Å²) < 4.78 is 13.2. The van der Waals surface area contributed by atoms with Gasteiger partial charge in [-0.15, -0.1) is 0 Å². The quantitative estimate of drug-likeness (QED) is 0.144. The Bertz CT molecular complexity index is 1020. The van der Waals surface area contributed by atoms with Gasteiger partial charge in [0.05, 0.1) is 12.2 Å². The Morgan fingerprint density at radius 1 is 0.553 bits per heavy atom. The molecule has 0 bridgehead atoms. The molecule has 6 heteroatoms. The Morgan fingerprint density at radius 2 is 0.789 bits per heavy atom. The van der Waals surface area contributed by atoms with E-state index in [4.69, 9.17) is 9.47 Å². The molecule has 38 heavy (non-hydrogen) atoms. The Morgan fingerprint density at radius 3 is 1.03 bits per heavy atom. The van der Waals surface area contributed by atoms with Gasteiger partial charge < -0.3 is 16.9 Å². The van der Waals surface area contributed by atoms with Crippen LogP contribution in [0.1, 0.15) is 13.8 Å². The summed E-state index contributed by atoms with van der Waals surface area (Å²) in [6.07, 6.45) is 1.97. The van der Waals surface area contributed by atoms with Crippen LogP contribution in [0.5, 0.6) is 0 Å². The van der Waals surface area contributed by atoms with E-state index in [0.717, 1.165) is 12.3 Å². The van der Waals surface area contributed by atoms with Crippen LogP contribution < -0.4 is 21.2 Å². The molecule has 1 heterocycles. The third-order valence-electron chi connectivity index (χ3n) is 6.28. The number of rotatable bonds is 8. The van der Waals surface area contributed by atoms with Gasteiger partial charge in [0.25, 0.3) is 0 Å². The van der Waals surface area contributed by atoms with Crippen LogP contribution >= 0.6 is 25.3 Å². The van der Waals surface area contributed by atoms with E-state index in [-0.39, 0.29) is 19.6 Å². The van der Waals surface area contributed by atoms with Crippen LogP contribution in [-0.2, 0) is 28.2 Å². The van der Waals surface area contributed by atoms with Gasteiger partial charge in [0.1, 0.15) is 0 Å². The van der Waals surface area contributed by atoms with Crippen LogP contribution in [0.4, 0.5) is 0 Å². The second-order valence-corrected chi connectivity index (χ2v) is 13.8. The van der Waals surface area contributed by atoms with Crippen molar-refractivity contribution in [2.45, 2.75) is 31.8 Å². The molecule has 0 amide bonds. The fourth-order valence-corrected chi connectivity index (χ4v) is 9.64. The van der Waals surface area contributed by atoms with Gasteiger partial charge in [-0.25, -0.2) is 0 Å². The minimum atomic E-state index is -0.585. The van der Waals surface area contributed by atoms with Gasteiger partial charge in [-0.05, 0) is 50.9 Å². The standard InChI is InChI=1S/C31H32O2P2.CH3.ClH.Pt/c1-31(2)32-29(23-34(25-15-7-3-8-16-25)26-17-9-4-10-18-26)30(33-31)24-35(27-19-11-5-12-20-27)28-21-13-6-14-22-28;;;/h3-22,29-30H,23-24H2,1-2H3;1H3;1H;/q;-1;;+2/p-1/t29-,30-;;;/m0.../s1. The molecule has 1 aliphatic rings. The summed E-state index contributed by atoms with van der Waals surface area (Å²) >= 11 is 1.61. The first kappa shape index (κ1) is 31.2. The molecular formula is C32H35ClO2P2Pt. The third-order valence-corrected chi connectivity index (χ3v) is 11.4. The van der Waals surface area contributed by atoms with Gasteiger partial charge in [0, 0.05) is 12.3 Å². The van der Waals surface area contributed by atoms with Crippen molar-refractivity contribution in [1.82, 2.24) is 0 Å². The molecule has 4 aromatic rings. The summed E-state index contributed by atoms with van der Waals surface area (Å²) in [7, 11) is 3.49. The van der Waals surface area contributed by atoms with Crippen LogP contribution in [0, 0.1) is 7.43 Å². The Hall–Kier alpha value is -1.36. The van der Waals surface area contributed by atoms with Crippen molar-refractivity contribution in [1.29, 1.82) is 0 Å². The first-order chi connectivity index (χ1) is 18.1. The van der Waals surface area contributed by atoms with Crippen molar-refractivity contribution < 1.29 is 28.2 Å². The third kappa shape index (κ3) is 8.32. The second-order valence-electron chi connectivity index (χ2n) is 9.28. The van der Waals surface area contributed by atoms with Gasteiger partial charge in [0.2, 0.25) is 0 Å². The van der Waals surface area contributed by atoms with Crippen molar-refractivity contribution in [2.75, 3.05) is 12.3 Å². The van der Waals surface area contributed by atoms with E-state index in [2.05, 4.69) is 145 Å². The summed E-state index contributed by atoms with van der Waals surface area (Å²) in [6, 6.07) is 43.6. The number of hydrogen-bond acceptors (Lipinski definition) is 2. The fourth-order valence-electron chi connectivity index (χ4n) is 4.73. The Balaban J connectivity index is 0.00000130. The van der Waals surface area contributed by atoms with Crippen molar-refractivity contribution in [3.05, 3.63) is 129 Å². The van der Waals surface area contributed by atoms with Gasteiger partial charge in [-0.2, -0.15) is 0 Å². The molecule has 202 valence electrons. The number of halogens is 1. The summed E-state index contributed by atoms with van der Waals surface area (Å²) in [5, 5.41) is 5.53. The van der Waals surface area contributed by atoms with Crippen molar-refractivity contribution in [3.8, 4) is 0 Å². The maximum atomic E-state index is 6.61. The normalized spacial score (nSPS) is 18.0. The molecule has 4 aromatic carbocycles. The summed E-state index contributed by atoms with van der Waals surface area (Å²) in [5.74, 6) is -0.585. The molecule has 0 aromatic heterocycles. The molecule has 0 aliphatic carbocycles. The van der Waals surface area contributed by atoms with E-state index in [1.165, 1.54) is 21.2 Å². The van der Waals surface area contributed by atoms with Gasteiger partial charge in [-0.1, -0.05) is 121 Å². The maximum absolute atomic E-state index is 6.61. The van der Waals surface area contributed by atoms with Gasteiger partial charge in [-0.3, -0.25) is 0 Å². The minimum absolute atomic E-state index is 0. The zero-order valence-corrected chi connectivity index (χ0v) is 26.8. The molecule has 0 N–H and O–H groups in total.